The Morgan fingerprint density at radius 3 is 2.40 bits per heavy atom. The van der Waals surface area contributed by atoms with E-state index in [-0.39, 0.29) is 12.0 Å². The largest absolute Gasteiger partial charge is 0.467 e. The number of carbonyl (C=O) groups excluding carboxylic acids is 1. The van der Waals surface area contributed by atoms with Crippen LogP contribution in [0.5, 0.6) is 0 Å². The van der Waals surface area contributed by atoms with Crippen LogP contribution in [0.2, 0.25) is 0 Å². The summed E-state index contributed by atoms with van der Waals surface area (Å²) in [7, 11) is 1.44. The zero-order chi connectivity index (χ0) is 11.5. The molecule has 5 heteroatoms. The van der Waals surface area contributed by atoms with Gasteiger partial charge in [0.1, 0.15) is 0 Å². The third-order valence-corrected chi connectivity index (χ3v) is 5.98. The maximum atomic E-state index is 11.8. The highest BCUT2D eigenvalue weighted by molar-refractivity contribution is 8.22. The number of nitrogens with two attached hydrogens (primary N) is 1. The molecule has 0 amide bonds. The summed E-state index contributed by atoms with van der Waals surface area (Å²) in [6.45, 7) is 4.24. The molecule has 1 rings (SSSR count). The molecule has 1 aliphatic heterocycles. The second kappa shape index (κ2) is 5.46. The number of methoxy groups -OCH3 is 1. The van der Waals surface area contributed by atoms with Gasteiger partial charge in [0.2, 0.25) is 0 Å². The monoisotopic (exact) mass is 249 g/mol. The van der Waals surface area contributed by atoms with Gasteiger partial charge in [-0.1, -0.05) is 13.8 Å². The molecule has 0 bridgehead atoms. The first-order chi connectivity index (χ1) is 7.03. The van der Waals surface area contributed by atoms with E-state index in [0.29, 0.717) is 5.92 Å². The minimum absolute atomic E-state index is 0.123. The molecule has 0 saturated carbocycles. The fraction of sp³-hybridized carbons (Fsp3) is 0.900. The first-order valence-electron chi connectivity index (χ1n) is 5.15. The number of hydrogen-bond acceptors (Lipinski definition) is 5. The third kappa shape index (κ3) is 2.82. The van der Waals surface area contributed by atoms with E-state index in [9.17, 15) is 4.79 Å². The van der Waals surface area contributed by atoms with Gasteiger partial charge in [0.25, 0.3) is 0 Å². The van der Waals surface area contributed by atoms with Crippen LogP contribution in [0.3, 0.4) is 0 Å². The smallest absolute Gasteiger partial charge is 0.333 e. The molecule has 1 aliphatic rings. The van der Waals surface area contributed by atoms with E-state index >= 15 is 0 Å². The van der Waals surface area contributed by atoms with Crippen molar-refractivity contribution in [3.63, 3.8) is 0 Å². The summed E-state index contributed by atoms with van der Waals surface area (Å²) in [5.41, 5.74) is 6.15. The van der Waals surface area contributed by atoms with Crippen LogP contribution in [0.4, 0.5) is 0 Å². The number of rotatable bonds is 4. The maximum Gasteiger partial charge on any atom is 0.333 e. The standard InChI is InChI=1S/C10H19NO2S2/c1-7(2)6-8(11)10(9(12)13-3)14-4-5-15-10/h7-8H,4-6,11H2,1-3H3. The molecule has 1 saturated heterocycles. The number of ether oxygens (including phenoxy) is 1. The lowest BCUT2D eigenvalue weighted by Crippen LogP contribution is -2.48. The molecule has 2 N–H and O–H groups in total. The van der Waals surface area contributed by atoms with Crippen LogP contribution in [0, 0.1) is 5.92 Å². The number of esters is 1. The van der Waals surface area contributed by atoms with E-state index in [1.165, 1.54) is 7.11 Å². The van der Waals surface area contributed by atoms with Crippen molar-refractivity contribution in [1.82, 2.24) is 0 Å². The van der Waals surface area contributed by atoms with E-state index in [1.54, 1.807) is 23.5 Å². The normalized spacial score (nSPS) is 21.7. The second-order valence-electron chi connectivity index (χ2n) is 4.09. The summed E-state index contributed by atoms with van der Waals surface area (Å²) in [6.07, 6.45) is 0.856. The van der Waals surface area contributed by atoms with E-state index in [2.05, 4.69) is 13.8 Å². The summed E-state index contributed by atoms with van der Waals surface area (Å²) >= 11 is 3.27. The Balaban J connectivity index is 2.76. The quantitative estimate of drug-likeness (QED) is 0.769. The van der Waals surface area contributed by atoms with E-state index in [4.69, 9.17) is 10.5 Å². The van der Waals surface area contributed by atoms with Crippen molar-refractivity contribution in [2.45, 2.75) is 30.4 Å². The summed E-state index contributed by atoms with van der Waals surface area (Å²) in [5, 5.41) is 0. The molecule has 0 spiro atoms. The van der Waals surface area contributed by atoms with Crippen molar-refractivity contribution >= 4 is 29.5 Å². The highest BCUT2D eigenvalue weighted by Crippen LogP contribution is 2.47. The van der Waals surface area contributed by atoms with Crippen molar-refractivity contribution in [3.8, 4) is 0 Å². The van der Waals surface area contributed by atoms with E-state index < -0.39 is 4.08 Å². The van der Waals surface area contributed by atoms with Gasteiger partial charge in [-0.2, -0.15) is 0 Å². The van der Waals surface area contributed by atoms with Gasteiger partial charge >= 0.3 is 5.97 Å². The molecular weight excluding hydrogens is 230 g/mol. The summed E-state index contributed by atoms with van der Waals surface area (Å²) in [5.74, 6) is 2.28. The topological polar surface area (TPSA) is 52.3 Å². The predicted octanol–water partition coefficient (Wildman–Crippen LogP) is 1.71. The van der Waals surface area contributed by atoms with Gasteiger partial charge in [0.05, 0.1) is 7.11 Å². The van der Waals surface area contributed by atoms with Gasteiger partial charge in [-0.25, -0.2) is 4.79 Å². The van der Waals surface area contributed by atoms with Crippen molar-refractivity contribution < 1.29 is 9.53 Å². The van der Waals surface area contributed by atoms with E-state index in [0.717, 1.165) is 17.9 Å². The van der Waals surface area contributed by atoms with Crippen LogP contribution in [-0.4, -0.2) is 34.7 Å². The van der Waals surface area contributed by atoms with Crippen LogP contribution in [0.25, 0.3) is 0 Å². The Kier molecular flexibility index (Phi) is 4.80. The highest BCUT2D eigenvalue weighted by atomic mass is 32.2. The zero-order valence-electron chi connectivity index (χ0n) is 9.49. The molecule has 0 aromatic rings. The van der Waals surface area contributed by atoms with Crippen molar-refractivity contribution in [1.29, 1.82) is 0 Å². The van der Waals surface area contributed by atoms with Gasteiger partial charge in [0.15, 0.2) is 4.08 Å². The Morgan fingerprint density at radius 1 is 1.47 bits per heavy atom. The van der Waals surface area contributed by atoms with Crippen molar-refractivity contribution in [2.75, 3.05) is 18.6 Å². The zero-order valence-corrected chi connectivity index (χ0v) is 11.1. The summed E-state index contributed by atoms with van der Waals surface area (Å²) in [4.78, 5) is 11.8. The molecular formula is C10H19NO2S2. The van der Waals surface area contributed by atoms with E-state index in [1.807, 2.05) is 0 Å². The first-order valence-corrected chi connectivity index (χ1v) is 7.12. The van der Waals surface area contributed by atoms with Crippen LogP contribution in [0.1, 0.15) is 20.3 Å². The average molecular weight is 249 g/mol. The molecule has 3 nitrogen and oxygen atoms in total. The molecule has 0 aromatic heterocycles. The summed E-state index contributed by atoms with van der Waals surface area (Å²) < 4.78 is 4.32. The Labute approximate surface area is 99.9 Å². The Morgan fingerprint density at radius 2 is 2.00 bits per heavy atom. The molecule has 15 heavy (non-hydrogen) atoms. The lowest BCUT2D eigenvalue weighted by Gasteiger charge is -2.31. The van der Waals surface area contributed by atoms with Crippen molar-refractivity contribution in [3.05, 3.63) is 0 Å². The highest BCUT2D eigenvalue weighted by Gasteiger charge is 2.49. The van der Waals surface area contributed by atoms with Crippen LogP contribution in [-0.2, 0) is 9.53 Å². The summed E-state index contributed by atoms with van der Waals surface area (Å²) in [6, 6.07) is -0.123. The van der Waals surface area contributed by atoms with Crippen molar-refractivity contribution in [2.24, 2.45) is 11.7 Å². The lowest BCUT2D eigenvalue weighted by molar-refractivity contribution is -0.141. The molecule has 88 valence electrons. The maximum absolute atomic E-state index is 11.8. The molecule has 0 aromatic carbocycles. The molecule has 0 aliphatic carbocycles. The minimum Gasteiger partial charge on any atom is -0.467 e. The number of hydrogen-bond donors (Lipinski definition) is 1. The molecule has 1 atom stereocenters. The van der Waals surface area contributed by atoms with Gasteiger partial charge in [-0.15, -0.1) is 23.5 Å². The first kappa shape index (κ1) is 13.2. The fourth-order valence-electron chi connectivity index (χ4n) is 1.72. The van der Waals surface area contributed by atoms with Gasteiger partial charge < -0.3 is 10.5 Å². The third-order valence-electron chi connectivity index (χ3n) is 2.40. The predicted molar refractivity (Wildman–Crippen MR) is 67.1 cm³/mol. The number of carbonyl (C=O) groups is 1. The van der Waals surface area contributed by atoms with Crippen LogP contribution in [0.15, 0.2) is 0 Å². The Bertz CT molecular complexity index is 227. The average Bonchev–Trinajstić information content (AvgIpc) is 2.65. The second-order valence-corrected chi connectivity index (χ2v) is 7.03. The lowest BCUT2D eigenvalue weighted by atomic mass is 10.0. The SMILES string of the molecule is COC(=O)C1(C(N)CC(C)C)SCCS1. The molecule has 1 heterocycles. The van der Waals surface area contributed by atoms with Gasteiger partial charge in [-0.05, 0) is 12.3 Å². The molecule has 1 unspecified atom stereocenters. The fourth-order valence-corrected chi connectivity index (χ4v) is 4.85. The number of thioether (sulfide) groups is 2. The van der Waals surface area contributed by atoms with Crippen LogP contribution >= 0.6 is 23.5 Å². The minimum atomic E-state index is -0.557. The molecule has 0 radical (unpaired) electrons. The van der Waals surface area contributed by atoms with Gasteiger partial charge in [0, 0.05) is 17.5 Å². The van der Waals surface area contributed by atoms with Gasteiger partial charge in [-0.3, -0.25) is 0 Å². The van der Waals surface area contributed by atoms with Crippen LogP contribution < -0.4 is 5.73 Å². The Hall–Kier alpha value is 0.130. The molecule has 1 fully saturated rings.